The molecule has 0 aliphatic carbocycles. The van der Waals surface area contributed by atoms with Crippen LogP contribution in [0.1, 0.15) is 37.8 Å². The number of aromatic hydroxyl groups is 1. The number of aromatic nitrogens is 3. The number of hydrogen-bond acceptors (Lipinski definition) is 5. The molecule has 1 saturated heterocycles. The van der Waals surface area contributed by atoms with Gasteiger partial charge in [0.15, 0.2) is 11.8 Å². The fraction of sp³-hybridized carbons (Fsp3) is 0.571. The first-order chi connectivity index (χ1) is 14.3. The number of anilines is 1. The average molecular weight is 525 g/mol. The summed E-state index contributed by atoms with van der Waals surface area (Å²) in [6.07, 6.45) is 4.67. The maximum Gasteiger partial charge on any atom is 0.194 e. The van der Waals surface area contributed by atoms with Crippen LogP contribution in [-0.4, -0.2) is 63.5 Å². The van der Waals surface area contributed by atoms with Crippen molar-refractivity contribution in [1.82, 2.24) is 25.0 Å². The minimum absolute atomic E-state index is 0. The van der Waals surface area contributed by atoms with Crippen LogP contribution in [0, 0.1) is 0 Å². The summed E-state index contributed by atoms with van der Waals surface area (Å²) in [6.45, 7) is 7.90. The SMILES string of the molecule is CCNC(=NCc1nnc2n1CCCCC2)N1CCN(c2ccccc2O)CC1.I. The molecule has 0 atom stereocenters. The first-order valence-electron chi connectivity index (χ1n) is 10.7. The van der Waals surface area contributed by atoms with Gasteiger partial charge in [0.1, 0.15) is 18.1 Å². The van der Waals surface area contributed by atoms with Gasteiger partial charge in [0.25, 0.3) is 0 Å². The molecule has 0 amide bonds. The number of nitrogens with one attached hydrogen (secondary N) is 1. The number of aliphatic imine (C=N–C) groups is 1. The number of hydrogen-bond donors (Lipinski definition) is 2. The number of piperazine rings is 1. The molecule has 0 saturated carbocycles. The summed E-state index contributed by atoms with van der Waals surface area (Å²) in [6, 6.07) is 7.54. The zero-order chi connectivity index (χ0) is 20.1. The largest absolute Gasteiger partial charge is 0.506 e. The molecule has 2 aliphatic heterocycles. The van der Waals surface area contributed by atoms with Crippen molar-refractivity contribution >= 4 is 35.6 Å². The second-order valence-corrected chi connectivity index (χ2v) is 7.63. The molecule has 4 rings (SSSR count). The van der Waals surface area contributed by atoms with Crippen molar-refractivity contribution in [1.29, 1.82) is 0 Å². The molecule has 164 valence electrons. The number of fused-ring (bicyclic) bond motifs is 1. The standard InChI is InChI=1S/C21H31N7O.HI/c1-2-22-21(23-16-20-25-24-19-10-4-3-7-11-28(19)20)27-14-12-26(13-15-27)17-8-5-6-9-18(17)29;/h5-6,8-9,29H,2-4,7,10-16H2,1H3,(H,22,23);1H. The normalized spacial score (nSPS) is 17.2. The first kappa shape index (κ1) is 22.6. The predicted octanol–water partition coefficient (Wildman–Crippen LogP) is 2.62. The predicted molar refractivity (Wildman–Crippen MR) is 130 cm³/mol. The molecular formula is C21H32IN7O. The quantitative estimate of drug-likeness (QED) is 0.363. The number of para-hydroxylation sites is 2. The molecule has 0 bridgehead atoms. The van der Waals surface area contributed by atoms with Crippen LogP contribution in [0.25, 0.3) is 0 Å². The van der Waals surface area contributed by atoms with Crippen LogP contribution in [0.4, 0.5) is 5.69 Å². The Labute approximate surface area is 195 Å². The van der Waals surface area contributed by atoms with Crippen LogP contribution in [0.15, 0.2) is 29.3 Å². The fourth-order valence-corrected chi connectivity index (χ4v) is 4.12. The minimum atomic E-state index is 0. The zero-order valence-corrected chi connectivity index (χ0v) is 20.0. The molecule has 2 aromatic rings. The Kier molecular flexibility index (Phi) is 8.17. The summed E-state index contributed by atoms with van der Waals surface area (Å²) in [5.74, 6) is 3.34. The average Bonchev–Trinajstić information content (AvgIpc) is 2.98. The first-order valence-corrected chi connectivity index (χ1v) is 10.7. The number of aryl methyl sites for hydroxylation is 1. The van der Waals surface area contributed by atoms with Crippen molar-refractivity contribution in [3.63, 3.8) is 0 Å². The van der Waals surface area contributed by atoms with Gasteiger partial charge in [0.05, 0.1) is 5.69 Å². The number of benzene rings is 1. The highest BCUT2D eigenvalue weighted by molar-refractivity contribution is 14.0. The maximum absolute atomic E-state index is 10.1. The Hall–Kier alpha value is -2.04. The molecule has 0 spiro atoms. The van der Waals surface area contributed by atoms with E-state index in [1.807, 2.05) is 18.2 Å². The Morgan fingerprint density at radius 1 is 1.07 bits per heavy atom. The number of halogens is 1. The zero-order valence-electron chi connectivity index (χ0n) is 17.6. The minimum Gasteiger partial charge on any atom is -0.506 e. The van der Waals surface area contributed by atoms with E-state index in [1.165, 1.54) is 19.3 Å². The van der Waals surface area contributed by atoms with Crippen molar-refractivity contribution in [3.8, 4) is 5.75 Å². The van der Waals surface area contributed by atoms with Gasteiger partial charge in [0, 0.05) is 45.7 Å². The van der Waals surface area contributed by atoms with E-state index in [2.05, 4.69) is 36.8 Å². The van der Waals surface area contributed by atoms with Crippen LogP contribution in [-0.2, 0) is 19.5 Å². The Morgan fingerprint density at radius 2 is 1.87 bits per heavy atom. The summed E-state index contributed by atoms with van der Waals surface area (Å²) in [5.41, 5.74) is 0.903. The third-order valence-electron chi connectivity index (χ3n) is 5.69. The number of nitrogens with zero attached hydrogens (tertiary/aromatic N) is 6. The van der Waals surface area contributed by atoms with Gasteiger partial charge in [-0.2, -0.15) is 0 Å². The maximum atomic E-state index is 10.1. The lowest BCUT2D eigenvalue weighted by Gasteiger charge is -2.37. The topological polar surface area (TPSA) is 81.8 Å². The lowest BCUT2D eigenvalue weighted by atomic mass is 10.2. The number of rotatable bonds is 4. The second-order valence-electron chi connectivity index (χ2n) is 7.63. The smallest absolute Gasteiger partial charge is 0.194 e. The van der Waals surface area contributed by atoms with Crippen LogP contribution in [0.5, 0.6) is 5.75 Å². The summed E-state index contributed by atoms with van der Waals surface area (Å²) in [7, 11) is 0. The number of guanidine groups is 1. The summed E-state index contributed by atoms with van der Waals surface area (Å²) in [5, 5.41) is 22.3. The van der Waals surface area contributed by atoms with E-state index < -0.39 is 0 Å². The van der Waals surface area contributed by atoms with Crippen molar-refractivity contribution in [3.05, 3.63) is 35.9 Å². The van der Waals surface area contributed by atoms with Gasteiger partial charge in [-0.1, -0.05) is 18.6 Å². The highest BCUT2D eigenvalue weighted by Gasteiger charge is 2.22. The van der Waals surface area contributed by atoms with Gasteiger partial charge in [0.2, 0.25) is 0 Å². The van der Waals surface area contributed by atoms with Crippen molar-refractivity contribution in [2.45, 2.75) is 45.7 Å². The van der Waals surface area contributed by atoms with Gasteiger partial charge in [-0.3, -0.25) is 0 Å². The molecule has 1 aromatic heterocycles. The van der Waals surface area contributed by atoms with E-state index in [9.17, 15) is 5.11 Å². The van der Waals surface area contributed by atoms with Crippen molar-refractivity contribution in [2.24, 2.45) is 4.99 Å². The van der Waals surface area contributed by atoms with E-state index in [0.717, 1.165) is 69.0 Å². The highest BCUT2D eigenvalue weighted by atomic mass is 127. The molecule has 3 heterocycles. The molecule has 2 aliphatic rings. The van der Waals surface area contributed by atoms with E-state index >= 15 is 0 Å². The third-order valence-corrected chi connectivity index (χ3v) is 5.69. The third kappa shape index (κ3) is 5.16. The van der Waals surface area contributed by atoms with Crippen LogP contribution in [0.2, 0.25) is 0 Å². The van der Waals surface area contributed by atoms with Gasteiger partial charge in [-0.15, -0.1) is 34.2 Å². The number of phenolic OH excluding ortho intramolecular Hbond substituents is 1. The molecule has 9 heteroatoms. The molecule has 1 fully saturated rings. The van der Waals surface area contributed by atoms with Gasteiger partial charge < -0.3 is 24.8 Å². The van der Waals surface area contributed by atoms with Crippen molar-refractivity contribution < 1.29 is 5.11 Å². The molecule has 2 N–H and O–H groups in total. The Balaban J connectivity index is 0.00000256. The van der Waals surface area contributed by atoms with E-state index in [-0.39, 0.29) is 24.0 Å². The molecule has 8 nitrogen and oxygen atoms in total. The Bertz CT molecular complexity index is 846. The van der Waals surface area contributed by atoms with E-state index in [0.29, 0.717) is 12.3 Å². The van der Waals surface area contributed by atoms with Gasteiger partial charge in [-0.05, 0) is 31.9 Å². The summed E-state index contributed by atoms with van der Waals surface area (Å²) < 4.78 is 2.26. The van der Waals surface area contributed by atoms with Crippen LogP contribution < -0.4 is 10.2 Å². The lowest BCUT2D eigenvalue weighted by molar-refractivity contribution is 0.369. The van der Waals surface area contributed by atoms with E-state index in [4.69, 9.17) is 4.99 Å². The summed E-state index contributed by atoms with van der Waals surface area (Å²) in [4.78, 5) is 9.40. The van der Waals surface area contributed by atoms with Gasteiger partial charge >= 0.3 is 0 Å². The molecule has 0 radical (unpaired) electrons. The van der Waals surface area contributed by atoms with Gasteiger partial charge in [-0.25, -0.2) is 4.99 Å². The number of phenols is 1. The second kappa shape index (κ2) is 10.8. The highest BCUT2D eigenvalue weighted by Crippen LogP contribution is 2.27. The fourth-order valence-electron chi connectivity index (χ4n) is 4.12. The molecule has 1 aromatic carbocycles. The molecule has 30 heavy (non-hydrogen) atoms. The monoisotopic (exact) mass is 525 g/mol. The molecule has 0 unspecified atom stereocenters. The molecular weight excluding hydrogens is 493 g/mol. The van der Waals surface area contributed by atoms with Crippen LogP contribution in [0.3, 0.4) is 0 Å². The van der Waals surface area contributed by atoms with Crippen molar-refractivity contribution in [2.75, 3.05) is 37.6 Å². The Morgan fingerprint density at radius 3 is 2.63 bits per heavy atom. The summed E-state index contributed by atoms with van der Waals surface area (Å²) >= 11 is 0. The van der Waals surface area contributed by atoms with E-state index in [1.54, 1.807) is 6.07 Å². The lowest BCUT2D eigenvalue weighted by Crippen LogP contribution is -2.52. The van der Waals surface area contributed by atoms with Crippen LogP contribution >= 0.6 is 24.0 Å².